The highest BCUT2D eigenvalue weighted by atomic mass is 32.1. The number of benzene rings is 2. The van der Waals surface area contributed by atoms with Crippen molar-refractivity contribution in [3.63, 3.8) is 0 Å². The highest BCUT2D eigenvalue weighted by Gasteiger charge is 2.25. The molecule has 0 bridgehead atoms. The molecular formula is C22H19N3O7S. The average molecular weight is 469 g/mol. The van der Waals surface area contributed by atoms with E-state index in [4.69, 9.17) is 4.74 Å². The largest absolute Gasteiger partial charge is 0.462 e. The number of nitro benzene ring substituents is 2. The first-order valence-corrected chi connectivity index (χ1v) is 10.7. The van der Waals surface area contributed by atoms with E-state index in [1.807, 2.05) is 31.2 Å². The Kier molecular flexibility index (Phi) is 7.13. The Balaban J connectivity index is 1.91. The number of thiophene rings is 1. The number of rotatable bonds is 8. The van der Waals surface area contributed by atoms with Crippen LogP contribution in [-0.2, 0) is 16.0 Å². The third-order valence-corrected chi connectivity index (χ3v) is 5.61. The van der Waals surface area contributed by atoms with Gasteiger partial charge in [-0.15, -0.1) is 11.3 Å². The van der Waals surface area contributed by atoms with Crippen LogP contribution in [0.5, 0.6) is 0 Å². The van der Waals surface area contributed by atoms with Crippen LogP contribution in [0.1, 0.15) is 28.4 Å². The van der Waals surface area contributed by atoms with Crippen LogP contribution in [0, 0.1) is 27.2 Å². The molecule has 0 radical (unpaired) electrons. The van der Waals surface area contributed by atoms with Gasteiger partial charge in [-0.3, -0.25) is 25.0 Å². The van der Waals surface area contributed by atoms with Crippen molar-refractivity contribution < 1.29 is 24.2 Å². The Morgan fingerprint density at radius 2 is 1.76 bits per heavy atom. The van der Waals surface area contributed by atoms with Crippen molar-refractivity contribution in [2.75, 3.05) is 11.9 Å². The SMILES string of the molecule is CCOC(=O)c1c(-c2ccc(C)cc2)csc1NC(=O)Cc1ccc([N+](=O)[O-])cc1[N+](=O)[O-]. The van der Waals surface area contributed by atoms with Crippen molar-refractivity contribution in [1.29, 1.82) is 0 Å². The minimum absolute atomic E-state index is 0.0103. The van der Waals surface area contributed by atoms with E-state index in [1.165, 1.54) is 6.07 Å². The van der Waals surface area contributed by atoms with Gasteiger partial charge >= 0.3 is 5.97 Å². The molecule has 0 unspecified atom stereocenters. The molecule has 1 heterocycles. The van der Waals surface area contributed by atoms with Crippen LogP contribution < -0.4 is 5.32 Å². The van der Waals surface area contributed by atoms with Crippen molar-refractivity contribution >= 4 is 39.6 Å². The minimum atomic E-state index is -0.777. The number of carbonyl (C=O) groups is 2. The van der Waals surface area contributed by atoms with E-state index in [0.717, 1.165) is 34.6 Å². The maximum absolute atomic E-state index is 12.7. The first kappa shape index (κ1) is 23.5. The number of non-ortho nitro benzene ring substituents is 1. The quantitative estimate of drug-likeness (QED) is 0.281. The van der Waals surface area contributed by atoms with Gasteiger partial charge in [-0.05, 0) is 25.5 Å². The topological polar surface area (TPSA) is 142 Å². The minimum Gasteiger partial charge on any atom is -0.462 e. The van der Waals surface area contributed by atoms with Gasteiger partial charge in [-0.1, -0.05) is 29.8 Å². The molecule has 1 N–H and O–H groups in total. The van der Waals surface area contributed by atoms with Crippen LogP contribution in [0.25, 0.3) is 11.1 Å². The number of hydrogen-bond donors (Lipinski definition) is 1. The number of esters is 1. The van der Waals surface area contributed by atoms with E-state index in [2.05, 4.69) is 5.32 Å². The Labute approximate surface area is 192 Å². The van der Waals surface area contributed by atoms with Gasteiger partial charge in [-0.25, -0.2) is 4.79 Å². The summed E-state index contributed by atoms with van der Waals surface area (Å²) in [4.78, 5) is 46.0. The molecule has 11 heteroatoms. The smallest absolute Gasteiger partial charge is 0.341 e. The molecule has 1 amide bonds. The highest BCUT2D eigenvalue weighted by Crippen LogP contribution is 2.36. The molecule has 0 aliphatic carbocycles. The lowest BCUT2D eigenvalue weighted by Gasteiger charge is -2.09. The van der Waals surface area contributed by atoms with Gasteiger partial charge in [0.25, 0.3) is 11.4 Å². The number of nitrogens with one attached hydrogen (secondary N) is 1. The van der Waals surface area contributed by atoms with Crippen LogP contribution in [0.4, 0.5) is 16.4 Å². The number of nitrogens with zero attached hydrogens (tertiary/aromatic N) is 2. The van der Waals surface area contributed by atoms with Gasteiger partial charge in [0.05, 0.1) is 28.9 Å². The van der Waals surface area contributed by atoms with Gasteiger partial charge in [-0.2, -0.15) is 0 Å². The molecule has 3 aromatic rings. The van der Waals surface area contributed by atoms with Crippen LogP contribution in [0.2, 0.25) is 0 Å². The fourth-order valence-corrected chi connectivity index (χ4v) is 4.10. The van der Waals surface area contributed by atoms with Crippen molar-refractivity contribution in [1.82, 2.24) is 0 Å². The monoisotopic (exact) mass is 469 g/mol. The number of amides is 1. The maximum atomic E-state index is 12.7. The lowest BCUT2D eigenvalue weighted by molar-refractivity contribution is -0.394. The molecule has 0 spiro atoms. The Bertz CT molecular complexity index is 1240. The maximum Gasteiger partial charge on any atom is 0.341 e. The molecule has 170 valence electrons. The molecular weight excluding hydrogens is 450 g/mol. The molecule has 0 saturated heterocycles. The van der Waals surface area contributed by atoms with Gasteiger partial charge < -0.3 is 10.1 Å². The third kappa shape index (κ3) is 5.39. The summed E-state index contributed by atoms with van der Waals surface area (Å²) in [5, 5.41) is 26.8. The van der Waals surface area contributed by atoms with Gasteiger partial charge in [0, 0.05) is 22.6 Å². The Morgan fingerprint density at radius 3 is 2.36 bits per heavy atom. The summed E-state index contributed by atoms with van der Waals surface area (Å²) in [7, 11) is 0. The van der Waals surface area contributed by atoms with Crippen LogP contribution in [-0.4, -0.2) is 28.3 Å². The van der Waals surface area contributed by atoms with E-state index >= 15 is 0 Å². The van der Waals surface area contributed by atoms with Crippen molar-refractivity contribution in [2.45, 2.75) is 20.3 Å². The molecule has 33 heavy (non-hydrogen) atoms. The Hall–Kier alpha value is -4.12. The van der Waals surface area contributed by atoms with Gasteiger partial charge in [0.2, 0.25) is 5.91 Å². The molecule has 1 aromatic heterocycles. The Morgan fingerprint density at radius 1 is 1.06 bits per heavy atom. The zero-order valence-electron chi connectivity index (χ0n) is 17.7. The van der Waals surface area contributed by atoms with Crippen LogP contribution in [0.15, 0.2) is 47.8 Å². The van der Waals surface area contributed by atoms with Crippen molar-refractivity contribution in [3.8, 4) is 11.1 Å². The first-order valence-electron chi connectivity index (χ1n) is 9.78. The lowest BCUT2D eigenvalue weighted by Crippen LogP contribution is -2.17. The van der Waals surface area contributed by atoms with Gasteiger partial charge in [0.15, 0.2) is 0 Å². The molecule has 0 aliphatic rings. The second-order valence-electron chi connectivity index (χ2n) is 6.99. The number of carbonyl (C=O) groups excluding carboxylic acids is 2. The summed E-state index contributed by atoms with van der Waals surface area (Å²) in [6, 6.07) is 10.6. The normalized spacial score (nSPS) is 10.5. The number of anilines is 1. The second kappa shape index (κ2) is 10.0. The summed E-state index contributed by atoms with van der Waals surface area (Å²) >= 11 is 1.13. The number of nitro groups is 2. The number of aryl methyl sites for hydroxylation is 1. The average Bonchev–Trinajstić information content (AvgIpc) is 3.17. The van der Waals surface area contributed by atoms with E-state index in [1.54, 1.807) is 12.3 Å². The second-order valence-corrected chi connectivity index (χ2v) is 7.87. The third-order valence-electron chi connectivity index (χ3n) is 4.71. The van der Waals surface area contributed by atoms with E-state index in [9.17, 15) is 29.8 Å². The molecule has 2 aromatic carbocycles. The van der Waals surface area contributed by atoms with Gasteiger partial charge in [0.1, 0.15) is 10.6 Å². The van der Waals surface area contributed by atoms with Crippen LogP contribution in [0.3, 0.4) is 0 Å². The van der Waals surface area contributed by atoms with Crippen LogP contribution >= 0.6 is 11.3 Å². The summed E-state index contributed by atoms with van der Waals surface area (Å²) in [5.41, 5.74) is 1.63. The fraction of sp³-hybridized carbons (Fsp3) is 0.182. The molecule has 10 nitrogen and oxygen atoms in total. The van der Waals surface area contributed by atoms with Crippen molar-refractivity contribution in [3.05, 3.63) is 84.8 Å². The summed E-state index contributed by atoms with van der Waals surface area (Å²) in [6.07, 6.45) is -0.408. The number of hydrogen-bond acceptors (Lipinski definition) is 8. The predicted molar refractivity (Wildman–Crippen MR) is 123 cm³/mol. The van der Waals surface area contributed by atoms with E-state index in [-0.39, 0.29) is 22.7 Å². The summed E-state index contributed by atoms with van der Waals surface area (Å²) < 4.78 is 5.16. The predicted octanol–water partition coefficient (Wildman–Crippen LogP) is 4.90. The van der Waals surface area contributed by atoms with E-state index in [0.29, 0.717) is 5.56 Å². The molecule has 0 atom stereocenters. The number of ether oxygens (including phenoxy) is 1. The first-order chi connectivity index (χ1) is 15.7. The lowest BCUT2D eigenvalue weighted by atomic mass is 10.0. The molecule has 3 rings (SSSR count). The molecule has 0 aliphatic heterocycles. The summed E-state index contributed by atoms with van der Waals surface area (Å²) in [5.74, 6) is -1.22. The molecule has 0 saturated carbocycles. The summed E-state index contributed by atoms with van der Waals surface area (Å²) in [6.45, 7) is 3.75. The fourth-order valence-electron chi connectivity index (χ4n) is 3.13. The van der Waals surface area contributed by atoms with Crippen molar-refractivity contribution in [2.24, 2.45) is 0 Å². The zero-order chi connectivity index (χ0) is 24.1. The molecule has 0 fully saturated rings. The zero-order valence-corrected chi connectivity index (χ0v) is 18.5. The van der Waals surface area contributed by atoms with E-state index < -0.39 is 39.5 Å². The standard InChI is InChI=1S/C22H19N3O7S/c1-3-32-22(27)20-17(14-6-4-13(2)5-7-14)12-33-21(20)23-19(26)10-15-8-9-16(24(28)29)11-18(15)25(30)31/h4-9,11-12H,3,10H2,1-2H3,(H,23,26). The highest BCUT2D eigenvalue weighted by molar-refractivity contribution is 7.15.